The third-order valence-corrected chi connectivity index (χ3v) is 4.45. The number of aryl methyl sites for hydroxylation is 5. The van der Waals surface area contributed by atoms with Gasteiger partial charge in [-0.3, -0.25) is 4.79 Å². The summed E-state index contributed by atoms with van der Waals surface area (Å²) in [6.45, 7) is 9.85. The minimum atomic E-state index is -0.248. The first-order chi connectivity index (χ1) is 12.8. The molecule has 0 bridgehead atoms. The molecule has 0 fully saturated rings. The molecule has 0 saturated carbocycles. The molecule has 0 unspecified atom stereocenters. The van der Waals surface area contributed by atoms with E-state index in [0.29, 0.717) is 11.6 Å². The van der Waals surface area contributed by atoms with E-state index in [1.165, 1.54) is 0 Å². The second kappa shape index (κ2) is 7.58. The molecule has 0 aliphatic carbocycles. The molecule has 0 radical (unpaired) electrons. The van der Waals surface area contributed by atoms with Gasteiger partial charge in [0.25, 0.3) is 5.91 Å². The Hall–Kier alpha value is -3.21. The molecule has 0 spiro atoms. The van der Waals surface area contributed by atoms with E-state index >= 15 is 0 Å². The molecule has 2 aromatic carbocycles. The highest BCUT2D eigenvalue weighted by Crippen LogP contribution is 2.22. The molecule has 138 valence electrons. The van der Waals surface area contributed by atoms with Crippen LogP contribution in [-0.2, 0) is 0 Å². The van der Waals surface area contributed by atoms with Gasteiger partial charge in [-0.05, 0) is 69.0 Å². The maximum Gasteiger partial charge on any atom is 0.274 e. The molecule has 1 amide bonds. The summed E-state index contributed by atoms with van der Waals surface area (Å²) in [5, 5.41) is 6.21. The molecule has 3 aromatic rings. The zero-order valence-corrected chi connectivity index (χ0v) is 16.3. The first-order valence-electron chi connectivity index (χ1n) is 8.91. The van der Waals surface area contributed by atoms with Crippen molar-refractivity contribution in [3.63, 3.8) is 0 Å². The minimum Gasteiger partial charge on any atom is -0.324 e. The summed E-state index contributed by atoms with van der Waals surface area (Å²) in [7, 11) is 0. The quantitative estimate of drug-likeness (QED) is 0.686. The van der Waals surface area contributed by atoms with Gasteiger partial charge in [-0.25, -0.2) is 9.97 Å². The highest BCUT2D eigenvalue weighted by molar-refractivity contribution is 6.04. The lowest BCUT2D eigenvalue weighted by Crippen LogP contribution is -2.17. The molecule has 1 aromatic heterocycles. The van der Waals surface area contributed by atoms with Crippen LogP contribution >= 0.6 is 0 Å². The molecule has 2 N–H and O–H groups in total. The van der Waals surface area contributed by atoms with E-state index < -0.39 is 0 Å². The van der Waals surface area contributed by atoms with Gasteiger partial charge in [-0.2, -0.15) is 0 Å². The maximum atomic E-state index is 12.8. The fourth-order valence-electron chi connectivity index (χ4n) is 2.92. The SMILES string of the molecule is Cc1ccc(C)c(Nc2nc(C)cc(C(=O)Nc3c(C)cccc3C)n2)c1. The number of hydrogen-bond acceptors (Lipinski definition) is 4. The lowest BCUT2D eigenvalue weighted by Gasteiger charge is -2.13. The van der Waals surface area contributed by atoms with Crippen LogP contribution in [0.5, 0.6) is 0 Å². The number of carbonyl (C=O) groups excluding carboxylic acids is 1. The number of amides is 1. The molecule has 0 atom stereocenters. The Labute approximate surface area is 159 Å². The van der Waals surface area contributed by atoms with Gasteiger partial charge in [0.05, 0.1) is 0 Å². The first kappa shape index (κ1) is 18.6. The van der Waals surface area contributed by atoms with Crippen molar-refractivity contribution in [3.8, 4) is 0 Å². The normalized spacial score (nSPS) is 10.6. The van der Waals surface area contributed by atoms with Crippen molar-refractivity contribution in [2.24, 2.45) is 0 Å². The maximum absolute atomic E-state index is 12.8. The van der Waals surface area contributed by atoms with Crippen LogP contribution in [0.3, 0.4) is 0 Å². The lowest BCUT2D eigenvalue weighted by atomic mass is 10.1. The largest absolute Gasteiger partial charge is 0.324 e. The Kier molecular flexibility index (Phi) is 5.21. The van der Waals surface area contributed by atoms with Gasteiger partial charge in [0, 0.05) is 17.1 Å². The van der Waals surface area contributed by atoms with Crippen LogP contribution in [0.25, 0.3) is 0 Å². The van der Waals surface area contributed by atoms with Gasteiger partial charge in [0.2, 0.25) is 5.95 Å². The van der Waals surface area contributed by atoms with Crippen molar-refractivity contribution >= 4 is 23.2 Å². The monoisotopic (exact) mass is 360 g/mol. The summed E-state index contributed by atoms with van der Waals surface area (Å²) in [4.78, 5) is 21.6. The van der Waals surface area contributed by atoms with E-state index in [9.17, 15) is 4.79 Å². The van der Waals surface area contributed by atoms with Crippen LogP contribution in [-0.4, -0.2) is 15.9 Å². The zero-order valence-electron chi connectivity index (χ0n) is 16.3. The smallest absolute Gasteiger partial charge is 0.274 e. The number of hydrogen-bond donors (Lipinski definition) is 2. The molecule has 0 aliphatic heterocycles. The Morgan fingerprint density at radius 3 is 2.26 bits per heavy atom. The van der Waals surface area contributed by atoms with E-state index in [1.807, 2.05) is 65.0 Å². The fourth-order valence-corrected chi connectivity index (χ4v) is 2.92. The molecule has 0 saturated heterocycles. The molecule has 0 aliphatic rings. The van der Waals surface area contributed by atoms with Crippen LogP contribution < -0.4 is 10.6 Å². The van der Waals surface area contributed by atoms with Gasteiger partial charge in [-0.1, -0.05) is 30.3 Å². The zero-order chi connectivity index (χ0) is 19.6. The van der Waals surface area contributed by atoms with E-state index in [2.05, 4.69) is 26.7 Å². The Morgan fingerprint density at radius 2 is 1.56 bits per heavy atom. The molecule has 1 heterocycles. The molecule has 27 heavy (non-hydrogen) atoms. The first-order valence-corrected chi connectivity index (χ1v) is 8.91. The molecular weight excluding hydrogens is 336 g/mol. The average molecular weight is 360 g/mol. The van der Waals surface area contributed by atoms with Crippen molar-refractivity contribution < 1.29 is 4.79 Å². The van der Waals surface area contributed by atoms with Crippen LogP contribution in [0, 0.1) is 34.6 Å². The van der Waals surface area contributed by atoms with Crippen molar-refractivity contribution in [2.45, 2.75) is 34.6 Å². The summed E-state index contributed by atoms with van der Waals surface area (Å²) < 4.78 is 0. The Bertz CT molecular complexity index is 991. The number of aromatic nitrogens is 2. The second-order valence-corrected chi connectivity index (χ2v) is 6.88. The van der Waals surface area contributed by atoms with Gasteiger partial charge >= 0.3 is 0 Å². The second-order valence-electron chi connectivity index (χ2n) is 6.88. The Morgan fingerprint density at radius 1 is 0.852 bits per heavy atom. The summed E-state index contributed by atoms with van der Waals surface area (Å²) in [6, 6.07) is 13.8. The Balaban J connectivity index is 1.89. The lowest BCUT2D eigenvalue weighted by molar-refractivity contribution is 0.102. The highest BCUT2D eigenvalue weighted by atomic mass is 16.1. The molecular formula is C22H24N4O. The summed E-state index contributed by atoms with van der Waals surface area (Å²) in [6.07, 6.45) is 0. The third kappa shape index (κ3) is 4.31. The standard InChI is InChI=1S/C22H24N4O/c1-13-9-10-14(2)18(11-13)24-22-23-17(5)12-19(25-22)21(27)26-20-15(3)7-6-8-16(20)4/h6-12H,1-5H3,(H,26,27)(H,23,24,25). The summed E-state index contributed by atoms with van der Waals surface area (Å²) >= 11 is 0. The van der Waals surface area contributed by atoms with Crippen molar-refractivity contribution in [3.05, 3.63) is 76.1 Å². The number of carbonyl (C=O) groups is 1. The number of anilines is 3. The summed E-state index contributed by atoms with van der Waals surface area (Å²) in [5.41, 5.74) is 7.08. The number of nitrogens with one attached hydrogen (secondary N) is 2. The van der Waals surface area contributed by atoms with Gasteiger partial charge < -0.3 is 10.6 Å². The van der Waals surface area contributed by atoms with Gasteiger partial charge in [-0.15, -0.1) is 0 Å². The van der Waals surface area contributed by atoms with Crippen molar-refractivity contribution in [1.29, 1.82) is 0 Å². The number of para-hydroxylation sites is 1. The van der Waals surface area contributed by atoms with E-state index in [4.69, 9.17) is 0 Å². The third-order valence-electron chi connectivity index (χ3n) is 4.45. The van der Waals surface area contributed by atoms with Crippen LogP contribution in [0.4, 0.5) is 17.3 Å². The van der Waals surface area contributed by atoms with Crippen LogP contribution in [0.2, 0.25) is 0 Å². The molecule has 3 rings (SSSR count). The van der Waals surface area contributed by atoms with E-state index in [0.717, 1.165) is 39.3 Å². The van der Waals surface area contributed by atoms with Gasteiger partial charge in [0.15, 0.2) is 0 Å². The predicted molar refractivity (Wildman–Crippen MR) is 110 cm³/mol. The fraction of sp³-hybridized carbons (Fsp3) is 0.227. The van der Waals surface area contributed by atoms with Crippen LogP contribution in [0.1, 0.15) is 38.4 Å². The predicted octanol–water partition coefficient (Wildman–Crippen LogP) is 5.01. The molecule has 5 nitrogen and oxygen atoms in total. The number of benzene rings is 2. The number of rotatable bonds is 4. The number of nitrogens with zero attached hydrogens (tertiary/aromatic N) is 2. The van der Waals surface area contributed by atoms with E-state index in [1.54, 1.807) is 6.07 Å². The molecule has 5 heteroatoms. The summed E-state index contributed by atoms with van der Waals surface area (Å²) in [5.74, 6) is 0.164. The van der Waals surface area contributed by atoms with Gasteiger partial charge in [0.1, 0.15) is 5.69 Å². The van der Waals surface area contributed by atoms with Crippen molar-refractivity contribution in [2.75, 3.05) is 10.6 Å². The van der Waals surface area contributed by atoms with E-state index in [-0.39, 0.29) is 5.91 Å². The highest BCUT2D eigenvalue weighted by Gasteiger charge is 2.14. The minimum absolute atomic E-state index is 0.248. The van der Waals surface area contributed by atoms with Crippen molar-refractivity contribution in [1.82, 2.24) is 9.97 Å². The van der Waals surface area contributed by atoms with Crippen LogP contribution in [0.15, 0.2) is 42.5 Å². The average Bonchev–Trinajstić information content (AvgIpc) is 2.61. The topological polar surface area (TPSA) is 66.9 Å².